The molecular formula is C25H20Cl2N2O3. The first-order valence-corrected chi connectivity index (χ1v) is 10.8. The Morgan fingerprint density at radius 2 is 1.62 bits per heavy atom. The molecule has 1 aliphatic heterocycles. The molecule has 1 N–H and O–H groups in total. The molecule has 32 heavy (non-hydrogen) atoms. The molecule has 0 saturated heterocycles. The van der Waals surface area contributed by atoms with Gasteiger partial charge in [0.1, 0.15) is 11.4 Å². The van der Waals surface area contributed by atoms with Crippen molar-refractivity contribution in [2.24, 2.45) is 0 Å². The molecule has 7 heteroatoms. The van der Waals surface area contributed by atoms with Gasteiger partial charge in [-0.3, -0.25) is 14.5 Å². The van der Waals surface area contributed by atoms with Crippen molar-refractivity contribution in [3.05, 3.63) is 99.7 Å². The van der Waals surface area contributed by atoms with Crippen LogP contribution in [0.15, 0.2) is 78.5 Å². The average molecular weight is 467 g/mol. The number of nitrogens with zero attached hydrogens (tertiary/aromatic N) is 1. The molecular weight excluding hydrogens is 447 g/mol. The van der Waals surface area contributed by atoms with E-state index in [0.29, 0.717) is 28.6 Å². The Hall–Kier alpha value is -3.28. The molecule has 0 aliphatic carbocycles. The highest BCUT2D eigenvalue weighted by Gasteiger charge is 2.40. The summed E-state index contributed by atoms with van der Waals surface area (Å²) in [6.07, 6.45) is 0. The van der Waals surface area contributed by atoms with Crippen LogP contribution in [0.1, 0.15) is 18.1 Å². The molecule has 1 heterocycles. The van der Waals surface area contributed by atoms with E-state index in [1.54, 1.807) is 30.3 Å². The molecule has 0 aromatic heterocycles. The number of amides is 2. The third kappa shape index (κ3) is 4.35. The van der Waals surface area contributed by atoms with E-state index < -0.39 is 11.8 Å². The molecule has 4 rings (SSSR count). The van der Waals surface area contributed by atoms with Crippen molar-refractivity contribution in [2.75, 3.05) is 11.9 Å². The molecule has 0 bridgehead atoms. The SMILES string of the molecule is CCOc1ccccc1NC1=C(c2ccc(Cl)cc2Cl)C(=O)N(Cc2ccccc2)C1=O. The second-order valence-corrected chi connectivity index (χ2v) is 7.95. The van der Waals surface area contributed by atoms with E-state index in [0.717, 1.165) is 5.56 Å². The number of benzene rings is 3. The normalized spacial score (nSPS) is 13.7. The van der Waals surface area contributed by atoms with E-state index in [1.807, 2.05) is 49.4 Å². The second-order valence-electron chi connectivity index (χ2n) is 7.11. The number of carbonyl (C=O) groups excluding carboxylic acids is 2. The van der Waals surface area contributed by atoms with Crippen molar-refractivity contribution in [3.63, 3.8) is 0 Å². The highest BCUT2D eigenvalue weighted by molar-refractivity contribution is 6.41. The number of nitrogens with one attached hydrogen (secondary N) is 1. The third-order valence-electron chi connectivity index (χ3n) is 5.00. The van der Waals surface area contributed by atoms with Crippen LogP contribution < -0.4 is 10.1 Å². The van der Waals surface area contributed by atoms with Crippen LogP contribution in [0.5, 0.6) is 5.75 Å². The van der Waals surface area contributed by atoms with Crippen molar-refractivity contribution in [1.82, 2.24) is 4.90 Å². The van der Waals surface area contributed by atoms with E-state index in [1.165, 1.54) is 4.90 Å². The molecule has 0 saturated carbocycles. The molecule has 0 radical (unpaired) electrons. The Bertz CT molecular complexity index is 1210. The smallest absolute Gasteiger partial charge is 0.278 e. The molecule has 1 aliphatic rings. The van der Waals surface area contributed by atoms with Gasteiger partial charge in [-0.1, -0.05) is 71.7 Å². The number of ether oxygens (including phenoxy) is 1. The van der Waals surface area contributed by atoms with Crippen molar-refractivity contribution in [3.8, 4) is 5.75 Å². The largest absolute Gasteiger partial charge is 0.492 e. The lowest BCUT2D eigenvalue weighted by molar-refractivity contribution is -0.137. The van der Waals surface area contributed by atoms with E-state index in [9.17, 15) is 9.59 Å². The maximum absolute atomic E-state index is 13.5. The van der Waals surface area contributed by atoms with Crippen LogP contribution in [-0.4, -0.2) is 23.3 Å². The number of carbonyl (C=O) groups is 2. The fourth-order valence-corrected chi connectivity index (χ4v) is 4.03. The van der Waals surface area contributed by atoms with Gasteiger partial charge in [-0.05, 0) is 36.8 Å². The van der Waals surface area contributed by atoms with Crippen molar-refractivity contribution < 1.29 is 14.3 Å². The van der Waals surface area contributed by atoms with Gasteiger partial charge in [0.15, 0.2) is 0 Å². The fourth-order valence-electron chi connectivity index (χ4n) is 3.53. The van der Waals surface area contributed by atoms with E-state index in [2.05, 4.69) is 5.32 Å². The van der Waals surface area contributed by atoms with Crippen molar-refractivity contribution in [1.29, 1.82) is 0 Å². The van der Waals surface area contributed by atoms with Gasteiger partial charge < -0.3 is 10.1 Å². The quantitative estimate of drug-likeness (QED) is 0.448. The minimum Gasteiger partial charge on any atom is -0.492 e. The Labute approximate surface area is 196 Å². The maximum Gasteiger partial charge on any atom is 0.278 e. The summed E-state index contributed by atoms with van der Waals surface area (Å²) in [4.78, 5) is 28.1. The predicted octanol–water partition coefficient (Wildman–Crippen LogP) is 5.78. The molecule has 3 aromatic carbocycles. The first-order valence-electron chi connectivity index (χ1n) is 10.1. The van der Waals surface area contributed by atoms with Crippen LogP contribution in [0.4, 0.5) is 5.69 Å². The van der Waals surface area contributed by atoms with Gasteiger partial charge in [-0.15, -0.1) is 0 Å². The van der Waals surface area contributed by atoms with E-state index >= 15 is 0 Å². The lowest BCUT2D eigenvalue weighted by atomic mass is 10.0. The summed E-state index contributed by atoms with van der Waals surface area (Å²) in [5.74, 6) is -0.295. The Morgan fingerprint density at radius 1 is 0.906 bits per heavy atom. The highest BCUT2D eigenvalue weighted by atomic mass is 35.5. The maximum atomic E-state index is 13.5. The zero-order chi connectivity index (χ0) is 22.7. The predicted molar refractivity (Wildman–Crippen MR) is 127 cm³/mol. The zero-order valence-corrected chi connectivity index (χ0v) is 18.8. The van der Waals surface area contributed by atoms with Gasteiger partial charge >= 0.3 is 0 Å². The summed E-state index contributed by atoms with van der Waals surface area (Å²) in [7, 11) is 0. The van der Waals surface area contributed by atoms with Crippen LogP contribution in [0.2, 0.25) is 10.0 Å². The number of rotatable bonds is 7. The Balaban J connectivity index is 1.80. The highest BCUT2D eigenvalue weighted by Crippen LogP contribution is 2.37. The van der Waals surface area contributed by atoms with Crippen LogP contribution >= 0.6 is 23.2 Å². The topological polar surface area (TPSA) is 58.6 Å². The van der Waals surface area contributed by atoms with Gasteiger partial charge in [0.25, 0.3) is 11.8 Å². The minimum atomic E-state index is -0.439. The van der Waals surface area contributed by atoms with E-state index in [4.69, 9.17) is 27.9 Å². The molecule has 0 atom stereocenters. The number of imide groups is 1. The summed E-state index contributed by atoms with van der Waals surface area (Å²) < 4.78 is 5.67. The molecule has 0 spiro atoms. The van der Waals surface area contributed by atoms with Gasteiger partial charge in [-0.25, -0.2) is 0 Å². The summed E-state index contributed by atoms with van der Waals surface area (Å²) in [6.45, 7) is 2.48. The zero-order valence-electron chi connectivity index (χ0n) is 17.3. The Morgan fingerprint density at radius 3 is 2.34 bits per heavy atom. The summed E-state index contributed by atoms with van der Waals surface area (Å²) in [6, 6.07) is 21.4. The van der Waals surface area contributed by atoms with E-state index in [-0.39, 0.29) is 22.8 Å². The number of para-hydroxylation sites is 2. The van der Waals surface area contributed by atoms with Crippen LogP contribution in [0.25, 0.3) is 5.57 Å². The first-order chi connectivity index (χ1) is 15.5. The van der Waals surface area contributed by atoms with Crippen LogP contribution in [-0.2, 0) is 16.1 Å². The minimum absolute atomic E-state index is 0.141. The van der Waals surface area contributed by atoms with Gasteiger partial charge in [0.05, 0.1) is 29.4 Å². The molecule has 0 fully saturated rings. The standard InChI is InChI=1S/C25H20Cl2N2O3/c1-2-32-21-11-7-6-10-20(21)28-23-22(18-13-12-17(26)14-19(18)27)24(30)29(25(23)31)15-16-8-4-3-5-9-16/h3-14,28H,2,15H2,1H3. The summed E-state index contributed by atoms with van der Waals surface area (Å²) in [5.41, 5.74) is 2.18. The van der Waals surface area contributed by atoms with Crippen molar-refractivity contribution >= 4 is 46.3 Å². The number of hydrogen-bond acceptors (Lipinski definition) is 4. The lowest BCUT2D eigenvalue weighted by Gasteiger charge is -2.16. The summed E-state index contributed by atoms with van der Waals surface area (Å²) >= 11 is 12.5. The molecule has 3 aromatic rings. The third-order valence-corrected chi connectivity index (χ3v) is 5.55. The number of anilines is 1. The summed E-state index contributed by atoms with van der Waals surface area (Å²) in [5, 5.41) is 3.85. The first kappa shape index (κ1) is 21.9. The average Bonchev–Trinajstić information content (AvgIpc) is 3.00. The fraction of sp³-hybridized carbons (Fsp3) is 0.120. The molecule has 5 nitrogen and oxygen atoms in total. The molecule has 0 unspecified atom stereocenters. The van der Waals surface area contributed by atoms with Gasteiger partial charge in [0.2, 0.25) is 0 Å². The van der Waals surface area contributed by atoms with Crippen LogP contribution in [0, 0.1) is 0 Å². The monoisotopic (exact) mass is 466 g/mol. The number of halogens is 2. The number of hydrogen-bond donors (Lipinski definition) is 1. The van der Waals surface area contributed by atoms with Crippen molar-refractivity contribution in [2.45, 2.75) is 13.5 Å². The van der Waals surface area contributed by atoms with Gasteiger partial charge in [0, 0.05) is 10.6 Å². The molecule has 2 amide bonds. The lowest BCUT2D eigenvalue weighted by Crippen LogP contribution is -2.32. The Kier molecular flexibility index (Phi) is 6.49. The van der Waals surface area contributed by atoms with Crippen LogP contribution in [0.3, 0.4) is 0 Å². The second kappa shape index (κ2) is 9.47. The van der Waals surface area contributed by atoms with Gasteiger partial charge in [-0.2, -0.15) is 0 Å². The molecule has 162 valence electrons.